The van der Waals surface area contributed by atoms with Gasteiger partial charge in [0.25, 0.3) is 5.91 Å². The highest BCUT2D eigenvalue weighted by Gasteiger charge is 2.27. The number of nitrogens with one attached hydrogen (secondary N) is 1. The van der Waals surface area contributed by atoms with Crippen LogP contribution in [0.1, 0.15) is 5.56 Å². The monoisotopic (exact) mass is 307 g/mol. The third-order valence-corrected chi connectivity index (χ3v) is 4.07. The SMILES string of the molecule is O=C1Nc2ccc(-c3ccccc3)cc2/C1=N/N1CCOCC1. The summed E-state index contributed by atoms with van der Waals surface area (Å²) in [6.07, 6.45) is 0. The van der Waals surface area contributed by atoms with Crippen molar-refractivity contribution in [3.63, 3.8) is 0 Å². The number of carbonyl (C=O) groups is 1. The normalized spacial score (nSPS) is 18.9. The fourth-order valence-corrected chi connectivity index (χ4v) is 2.86. The largest absolute Gasteiger partial charge is 0.378 e. The van der Waals surface area contributed by atoms with Crippen molar-refractivity contribution >= 4 is 17.3 Å². The maximum absolute atomic E-state index is 12.3. The first kappa shape index (κ1) is 14.0. The number of hydrogen-bond donors (Lipinski definition) is 1. The van der Waals surface area contributed by atoms with Gasteiger partial charge in [-0.25, -0.2) is 0 Å². The van der Waals surface area contributed by atoms with E-state index in [1.54, 1.807) is 0 Å². The first-order valence-electron chi connectivity index (χ1n) is 7.74. The molecule has 0 spiro atoms. The minimum atomic E-state index is -0.142. The fraction of sp³-hybridized carbons (Fsp3) is 0.222. The topological polar surface area (TPSA) is 53.9 Å². The van der Waals surface area contributed by atoms with Gasteiger partial charge in [-0.05, 0) is 23.3 Å². The van der Waals surface area contributed by atoms with Crippen LogP contribution in [-0.2, 0) is 9.53 Å². The predicted octanol–water partition coefficient (Wildman–Crippen LogP) is 2.34. The van der Waals surface area contributed by atoms with Crippen LogP contribution in [0.3, 0.4) is 0 Å². The average Bonchev–Trinajstić information content (AvgIpc) is 2.92. The summed E-state index contributed by atoms with van der Waals surface area (Å²) in [5.41, 5.74) is 4.38. The molecule has 1 fully saturated rings. The number of benzene rings is 2. The lowest BCUT2D eigenvalue weighted by molar-refractivity contribution is -0.110. The number of hydrogen-bond acceptors (Lipinski definition) is 4. The summed E-state index contributed by atoms with van der Waals surface area (Å²) in [4.78, 5) is 12.3. The molecule has 0 radical (unpaired) electrons. The molecule has 0 unspecified atom stereocenters. The summed E-state index contributed by atoms with van der Waals surface area (Å²) in [6, 6.07) is 16.1. The Hall–Kier alpha value is -2.66. The van der Waals surface area contributed by atoms with Crippen molar-refractivity contribution in [2.45, 2.75) is 0 Å². The third kappa shape index (κ3) is 2.71. The van der Waals surface area contributed by atoms with Gasteiger partial charge in [0, 0.05) is 5.56 Å². The van der Waals surface area contributed by atoms with E-state index in [-0.39, 0.29) is 5.91 Å². The second kappa shape index (κ2) is 5.85. The third-order valence-electron chi connectivity index (χ3n) is 4.07. The number of morpholine rings is 1. The van der Waals surface area contributed by atoms with Crippen LogP contribution in [0.5, 0.6) is 0 Å². The molecule has 0 bridgehead atoms. The molecule has 5 heteroatoms. The number of ether oxygens (including phenoxy) is 1. The molecule has 0 saturated carbocycles. The van der Waals surface area contributed by atoms with Gasteiger partial charge >= 0.3 is 0 Å². The second-order valence-electron chi connectivity index (χ2n) is 5.60. The van der Waals surface area contributed by atoms with E-state index in [9.17, 15) is 4.79 Å². The highest BCUT2D eigenvalue weighted by atomic mass is 16.5. The van der Waals surface area contributed by atoms with Crippen molar-refractivity contribution in [1.29, 1.82) is 0 Å². The molecule has 0 aromatic heterocycles. The summed E-state index contributed by atoms with van der Waals surface area (Å²) in [5.74, 6) is -0.142. The standard InChI is InChI=1S/C18H17N3O2/c22-18-17(20-21-8-10-23-11-9-21)15-12-14(6-7-16(15)19-18)13-4-2-1-3-5-13/h1-7,12H,8-11H2,(H,19,20,22). The van der Waals surface area contributed by atoms with Crippen LogP contribution in [0.25, 0.3) is 11.1 Å². The molecule has 5 nitrogen and oxygen atoms in total. The van der Waals surface area contributed by atoms with Gasteiger partial charge < -0.3 is 10.1 Å². The lowest BCUT2D eigenvalue weighted by Crippen LogP contribution is -2.34. The highest BCUT2D eigenvalue weighted by Crippen LogP contribution is 2.29. The van der Waals surface area contributed by atoms with Crippen LogP contribution in [0.15, 0.2) is 53.6 Å². The quantitative estimate of drug-likeness (QED) is 0.926. The number of carbonyl (C=O) groups excluding carboxylic acids is 1. The van der Waals surface area contributed by atoms with Gasteiger partial charge in [-0.2, -0.15) is 5.10 Å². The van der Waals surface area contributed by atoms with Crippen molar-refractivity contribution in [2.75, 3.05) is 31.6 Å². The summed E-state index contributed by atoms with van der Waals surface area (Å²) >= 11 is 0. The zero-order valence-corrected chi connectivity index (χ0v) is 12.7. The van der Waals surface area contributed by atoms with E-state index >= 15 is 0 Å². The van der Waals surface area contributed by atoms with Crippen molar-refractivity contribution in [3.8, 4) is 11.1 Å². The zero-order chi connectivity index (χ0) is 15.6. The lowest BCUT2D eigenvalue weighted by atomic mass is 10.0. The van der Waals surface area contributed by atoms with E-state index in [2.05, 4.69) is 22.6 Å². The molecule has 1 N–H and O–H groups in total. The Balaban J connectivity index is 1.72. The number of nitrogens with zero attached hydrogens (tertiary/aromatic N) is 2. The lowest BCUT2D eigenvalue weighted by Gasteiger charge is -2.24. The molecule has 2 aromatic carbocycles. The van der Waals surface area contributed by atoms with Crippen LogP contribution in [0.2, 0.25) is 0 Å². The Kier molecular flexibility index (Phi) is 3.55. The van der Waals surface area contributed by atoms with E-state index in [4.69, 9.17) is 4.74 Å². The Bertz CT molecular complexity index is 765. The smallest absolute Gasteiger partial charge is 0.276 e. The van der Waals surface area contributed by atoms with Crippen molar-refractivity contribution in [3.05, 3.63) is 54.1 Å². The van der Waals surface area contributed by atoms with E-state index in [1.165, 1.54) is 0 Å². The molecule has 2 aromatic rings. The number of hydrazone groups is 1. The Morgan fingerprint density at radius 3 is 2.57 bits per heavy atom. The fourth-order valence-electron chi connectivity index (χ4n) is 2.86. The van der Waals surface area contributed by atoms with E-state index in [1.807, 2.05) is 41.4 Å². The van der Waals surface area contributed by atoms with Crippen molar-refractivity contribution in [1.82, 2.24) is 5.01 Å². The van der Waals surface area contributed by atoms with Crippen LogP contribution >= 0.6 is 0 Å². The Morgan fingerprint density at radius 1 is 1.00 bits per heavy atom. The Morgan fingerprint density at radius 2 is 1.78 bits per heavy atom. The highest BCUT2D eigenvalue weighted by molar-refractivity contribution is 6.53. The first-order valence-corrected chi connectivity index (χ1v) is 7.74. The second-order valence-corrected chi connectivity index (χ2v) is 5.60. The van der Waals surface area contributed by atoms with E-state index in [0.717, 1.165) is 22.4 Å². The minimum Gasteiger partial charge on any atom is -0.378 e. The first-order chi connectivity index (χ1) is 11.3. The molecule has 2 aliphatic heterocycles. The summed E-state index contributed by atoms with van der Waals surface area (Å²) in [7, 11) is 0. The predicted molar refractivity (Wildman–Crippen MR) is 89.4 cm³/mol. The van der Waals surface area contributed by atoms with E-state index in [0.29, 0.717) is 32.0 Å². The Labute approximate surface area is 134 Å². The van der Waals surface area contributed by atoms with Gasteiger partial charge in [-0.1, -0.05) is 36.4 Å². The van der Waals surface area contributed by atoms with Gasteiger partial charge in [-0.15, -0.1) is 0 Å². The van der Waals surface area contributed by atoms with Crippen LogP contribution in [0, 0.1) is 0 Å². The maximum atomic E-state index is 12.3. The molecule has 2 heterocycles. The van der Waals surface area contributed by atoms with Gasteiger partial charge in [0.05, 0.1) is 32.0 Å². The van der Waals surface area contributed by atoms with Crippen LogP contribution in [0.4, 0.5) is 5.69 Å². The molecular weight excluding hydrogens is 290 g/mol. The summed E-state index contributed by atoms with van der Waals surface area (Å²) in [5, 5.41) is 9.34. The number of amides is 1. The molecule has 0 atom stereocenters. The van der Waals surface area contributed by atoms with Crippen LogP contribution in [-0.4, -0.2) is 42.9 Å². The molecular formula is C18H17N3O2. The van der Waals surface area contributed by atoms with Crippen LogP contribution < -0.4 is 5.32 Å². The van der Waals surface area contributed by atoms with Crippen molar-refractivity contribution in [2.24, 2.45) is 5.10 Å². The zero-order valence-electron chi connectivity index (χ0n) is 12.7. The maximum Gasteiger partial charge on any atom is 0.276 e. The number of anilines is 1. The molecule has 0 aliphatic carbocycles. The number of fused-ring (bicyclic) bond motifs is 1. The molecule has 1 saturated heterocycles. The van der Waals surface area contributed by atoms with Gasteiger partial charge in [0.1, 0.15) is 0 Å². The van der Waals surface area contributed by atoms with E-state index < -0.39 is 0 Å². The number of rotatable bonds is 2. The average molecular weight is 307 g/mol. The summed E-state index contributed by atoms with van der Waals surface area (Å²) < 4.78 is 5.33. The molecule has 23 heavy (non-hydrogen) atoms. The minimum absolute atomic E-state index is 0.142. The van der Waals surface area contributed by atoms with Gasteiger partial charge in [0.2, 0.25) is 0 Å². The molecule has 116 valence electrons. The molecule has 4 rings (SSSR count). The van der Waals surface area contributed by atoms with Crippen molar-refractivity contribution < 1.29 is 9.53 Å². The summed E-state index contributed by atoms with van der Waals surface area (Å²) in [6.45, 7) is 2.72. The van der Waals surface area contributed by atoms with Gasteiger partial charge in [-0.3, -0.25) is 9.80 Å². The molecule has 2 aliphatic rings. The van der Waals surface area contributed by atoms with Gasteiger partial charge in [0.15, 0.2) is 5.71 Å². The molecule has 1 amide bonds.